The molecule has 4 unspecified atom stereocenters. The molecule has 2 aliphatic heterocycles. The minimum atomic E-state index is -0.0301. The Kier molecular flexibility index (Phi) is 4.91. The molecular formula is C17H24N4O2S. The van der Waals surface area contributed by atoms with E-state index in [1.165, 1.54) is 0 Å². The number of carbonyl (C=O) groups excluding carboxylic acids is 1. The number of amides is 1. The Morgan fingerprint density at radius 1 is 1.38 bits per heavy atom. The maximum Gasteiger partial charge on any atom is 0.251 e. The molecule has 4 rings (SSSR count). The topological polar surface area (TPSA) is 75.3 Å². The average molecular weight is 348 g/mol. The fourth-order valence-corrected chi connectivity index (χ4v) is 4.86. The highest BCUT2D eigenvalue weighted by atomic mass is 32.2. The van der Waals surface area contributed by atoms with Gasteiger partial charge in [-0.3, -0.25) is 15.6 Å². The van der Waals surface area contributed by atoms with Crippen molar-refractivity contribution in [1.29, 1.82) is 0 Å². The lowest BCUT2D eigenvalue weighted by atomic mass is 9.83. The smallest absolute Gasteiger partial charge is 0.251 e. The molecule has 1 amide bonds. The molecular weight excluding hydrogens is 324 g/mol. The zero-order chi connectivity index (χ0) is 16.4. The molecule has 3 N–H and O–H groups in total. The molecule has 1 aliphatic carbocycles. The van der Waals surface area contributed by atoms with Gasteiger partial charge in [-0.05, 0) is 43.4 Å². The molecule has 0 spiro atoms. The van der Waals surface area contributed by atoms with Gasteiger partial charge in [-0.25, -0.2) is 4.98 Å². The minimum absolute atomic E-state index is 0.0301. The number of nitrogens with zero attached hydrogens (tertiary/aromatic N) is 1. The van der Waals surface area contributed by atoms with Crippen LogP contribution < -0.4 is 20.9 Å². The van der Waals surface area contributed by atoms with Crippen molar-refractivity contribution in [3.8, 4) is 5.88 Å². The van der Waals surface area contributed by atoms with Gasteiger partial charge >= 0.3 is 0 Å². The van der Waals surface area contributed by atoms with E-state index in [0.717, 1.165) is 43.7 Å². The normalized spacial score (nSPS) is 32.3. The minimum Gasteiger partial charge on any atom is -0.473 e. The second-order valence-electron chi connectivity index (χ2n) is 6.86. The van der Waals surface area contributed by atoms with Crippen molar-refractivity contribution in [2.45, 2.75) is 43.9 Å². The van der Waals surface area contributed by atoms with Crippen molar-refractivity contribution in [2.24, 2.45) is 5.92 Å². The largest absolute Gasteiger partial charge is 0.473 e. The van der Waals surface area contributed by atoms with Crippen LogP contribution in [-0.4, -0.2) is 47.1 Å². The summed E-state index contributed by atoms with van der Waals surface area (Å²) in [5.74, 6) is 3.36. The summed E-state index contributed by atoms with van der Waals surface area (Å²) in [6.07, 6.45) is 6.11. The highest BCUT2D eigenvalue weighted by Crippen LogP contribution is 2.27. The summed E-state index contributed by atoms with van der Waals surface area (Å²) < 4.78 is 5.88. The highest BCUT2D eigenvalue weighted by molar-refractivity contribution is 7.99. The number of rotatable bonds is 4. The Labute approximate surface area is 146 Å². The number of thioether (sulfide) groups is 1. The summed E-state index contributed by atoms with van der Waals surface area (Å²) in [6, 6.07) is 4.22. The van der Waals surface area contributed by atoms with Gasteiger partial charge < -0.3 is 10.1 Å². The number of carbonyl (C=O) groups is 1. The number of ether oxygens (including phenoxy) is 1. The van der Waals surface area contributed by atoms with E-state index in [1.807, 2.05) is 11.8 Å². The van der Waals surface area contributed by atoms with Crippen molar-refractivity contribution < 1.29 is 9.53 Å². The third-order valence-corrected chi connectivity index (χ3v) is 6.28. The standard InChI is InChI=1S/C17H24N4O2S/c22-17(20-13-2-1-12-9-19-21-15(12)8-13)11-3-5-18-16(7-11)23-14-4-6-24-10-14/h3,5,7,12-15,19,21H,1-2,4,6,8-10H2,(H,20,22). The third-order valence-electron chi connectivity index (χ3n) is 5.15. The van der Waals surface area contributed by atoms with E-state index in [-0.39, 0.29) is 18.1 Å². The molecule has 7 heteroatoms. The van der Waals surface area contributed by atoms with Gasteiger partial charge in [0.2, 0.25) is 5.88 Å². The first kappa shape index (κ1) is 16.2. The lowest BCUT2D eigenvalue weighted by Gasteiger charge is -2.31. The summed E-state index contributed by atoms with van der Waals surface area (Å²) in [5.41, 5.74) is 7.17. The molecule has 2 saturated heterocycles. The van der Waals surface area contributed by atoms with Crippen molar-refractivity contribution in [1.82, 2.24) is 21.2 Å². The summed E-state index contributed by atoms with van der Waals surface area (Å²) >= 11 is 1.90. The van der Waals surface area contributed by atoms with Crippen molar-refractivity contribution in [3.05, 3.63) is 23.9 Å². The van der Waals surface area contributed by atoms with E-state index in [4.69, 9.17) is 4.74 Å². The van der Waals surface area contributed by atoms with Crippen molar-refractivity contribution in [2.75, 3.05) is 18.1 Å². The molecule has 3 heterocycles. The fourth-order valence-electron chi connectivity index (χ4n) is 3.77. The maximum atomic E-state index is 12.6. The molecule has 4 atom stereocenters. The predicted molar refractivity (Wildman–Crippen MR) is 94.1 cm³/mol. The molecule has 3 fully saturated rings. The van der Waals surface area contributed by atoms with E-state index in [2.05, 4.69) is 21.2 Å². The number of nitrogens with one attached hydrogen (secondary N) is 3. The lowest BCUT2D eigenvalue weighted by Crippen LogP contribution is -2.45. The van der Waals surface area contributed by atoms with Crippen LogP contribution in [0.15, 0.2) is 18.3 Å². The first-order valence-electron chi connectivity index (χ1n) is 8.77. The number of hydrogen-bond donors (Lipinski definition) is 3. The van der Waals surface area contributed by atoms with Gasteiger partial charge in [0, 0.05) is 42.2 Å². The molecule has 3 aliphatic rings. The number of fused-ring (bicyclic) bond motifs is 1. The first-order valence-corrected chi connectivity index (χ1v) is 9.93. The predicted octanol–water partition coefficient (Wildman–Crippen LogP) is 1.34. The highest BCUT2D eigenvalue weighted by Gasteiger charge is 2.34. The van der Waals surface area contributed by atoms with Crippen LogP contribution >= 0.6 is 11.8 Å². The van der Waals surface area contributed by atoms with Crippen LogP contribution in [0.2, 0.25) is 0 Å². The average Bonchev–Trinajstić information content (AvgIpc) is 3.26. The van der Waals surface area contributed by atoms with Gasteiger partial charge in [0.25, 0.3) is 5.91 Å². The number of pyridine rings is 1. The van der Waals surface area contributed by atoms with E-state index in [0.29, 0.717) is 23.4 Å². The van der Waals surface area contributed by atoms with E-state index >= 15 is 0 Å². The van der Waals surface area contributed by atoms with E-state index in [9.17, 15) is 4.79 Å². The Morgan fingerprint density at radius 2 is 2.33 bits per heavy atom. The third kappa shape index (κ3) is 3.68. The van der Waals surface area contributed by atoms with Gasteiger partial charge in [0.05, 0.1) is 0 Å². The second kappa shape index (κ2) is 7.29. The molecule has 0 radical (unpaired) electrons. The molecule has 0 aromatic carbocycles. The quantitative estimate of drug-likeness (QED) is 0.762. The Hall–Kier alpha value is -1.31. The maximum absolute atomic E-state index is 12.6. The van der Waals surface area contributed by atoms with Crippen molar-refractivity contribution >= 4 is 17.7 Å². The zero-order valence-electron chi connectivity index (χ0n) is 13.7. The molecule has 0 bridgehead atoms. The van der Waals surface area contributed by atoms with Gasteiger partial charge in [-0.2, -0.15) is 11.8 Å². The van der Waals surface area contributed by atoms with Crippen LogP contribution in [0.3, 0.4) is 0 Å². The Bertz CT molecular complexity index is 594. The number of aromatic nitrogens is 1. The van der Waals surface area contributed by atoms with E-state index in [1.54, 1.807) is 18.3 Å². The van der Waals surface area contributed by atoms with Crippen LogP contribution in [0, 0.1) is 5.92 Å². The van der Waals surface area contributed by atoms with E-state index < -0.39 is 0 Å². The number of hydrogen-bond acceptors (Lipinski definition) is 6. The Morgan fingerprint density at radius 3 is 3.21 bits per heavy atom. The van der Waals surface area contributed by atoms with Gasteiger partial charge in [-0.15, -0.1) is 0 Å². The van der Waals surface area contributed by atoms with Crippen LogP contribution in [-0.2, 0) is 0 Å². The summed E-state index contributed by atoms with van der Waals surface area (Å²) in [5, 5.41) is 3.17. The summed E-state index contributed by atoms with van der Waals surface area (Å²) in [7, 11) is 0. The molecule has 24 heavy (non-hydrogen) atoms. The van der Waals surface area contributed by atoms with Crippen LogP contribution in [0.1, 0.15) is 36.0 Å². The van der Waals surface area contributed by atoms with Crippen LogP contribution in [0.25, 0.3) is 0 Å². The lowest BCUT2D eigenvalue weighted by molar-refractivity contribution is 0.0918. The summed E-state index contributed by atoms with van der Waals surface area (Å²) in [4.78, 5) is 16.8. The first-order chi connectivity index (χ1) is 11.8. The van der Waals surface area contributed by atoms with Gasteiger partial charge in [0.15, 0.2) is 0 Å². The summed E-state index contributed by atoms with van der Waals surface area (Å²) in [6.45, 7) is 1.04. The van der Waals surface area contributed by atoms with Crippen molar-refractivity contribution in [3.63, 3.8) is 0 Å². The molecule has 1 saturated carbocycles. The number of hydrazine groups is 1. The second-order valence-corrected chi connectivity index (χ2v) is 8.01. The van der Waals surface area contributed by atoms with Crippen LogP contribution in [0.5, 0.6) is 5.88 Å². The monoisotopic (exact) mass is 348 g/mol. The molecule has 1 aromatic heterocycles. The van der Waals surface area contributed by atoms with Gasteiger partial charge in [0.1, 0.15) is 6.10 Å². The fraction of sp³-hybridized carbons (Fsp3) is 0.647. The zero-order valence-corrected chi connectivity index (χ0v) is 14.5. The molecule has 130 valence electrons. The van der Waals surface area contributed by atoms with Gasteiger partial charge in [-0.1, -0.05) is 0 Å². The molecule has 6 nitrogen and oxygen atoms in total. The molecule has 1 aromatic rings. The van der Waals surface area contributed by atoms with Crippen LogP contribution in [0.4, 0.5) is 0 Å². The Balaban J connectivity index is 1.35. The SMILES string of the molecule is O=C(NC1CCC2CNNC2C1)c1ccnc(OC2CCSC2)c1.